The van der Waals surface area contributed by atoms with E-state index in [0.717, 1.165) is 43.0 Å². The second kappa shape index (κ2) is 9.07. The zero-order chi connectivity index (χ0) is 21.4. The fourth-order valence-electron chi connectivity index (χ4n) is 5.84. The number of hydrogen-bond donors (Lipinski definition) is 0. The van der Waals surface area contributed by atoms with Crippen molar-refractivity contribution in [2.45, 2.75) is 89.9 Å². The number of benzene rings is 1. The number of ether oxygens (including phenoxy) is 1. The maximum Gasteiger partial charge on any atom is 0.165 e. The first-order valence-corrected chi connectivity index (χ1v) is 12.6. The number of rotatable bonds is 10. The molecule has 2 bridgehead atoms. The van der Waals surface area contributed by atoms with E-state index in [2.05, 4.69) is 47.7 Å². The zero-order valence-electron chi connectivity index (χ0n) is 19.3. The second-order valence-electron chi connectivity index (χ2n) is 10.6. The van der Waals surface area contributed by atoms with Crippen molar-refractivity contribution in [3.05, 3.63) is 36.0 Å². The van der Waals surface area contributed by atoms with Gasteiger partial charge in [-0.25, -0.2) is 0 Å². The molecule has 3 fully saturated rings. The average molecular weight is 423 g/mol. The lowest BCUT2D eigenvalue weighted by atomic mass is 9.99. The molecule has 2 atom stereocenters. The molecule has 1 aromatic heterocycles. The van der Waals surface area contributed by atoms with Crippen LogP contribution in [0, 0.1) is 11.8 Å². The highest BCUT2D eigenvalue weighted by Crippen LogP contribution is 2.38. The van der Waals surface area contributed by atoms with Crippen LogP contribution in [-0.2, 0) is 11.3 Å². The van der Waals surface area contributed by atoms with Crippen LogP contribution in [0.15, 0.2) is 30.5 Å². The summed E-state index contributed by atoms with van der Waals surface area (Å²) >= 11 is 0. The lowest BCUT2D eigenvalue weighted by Gasteiger charge is -2.39. The van der Waals surface area contributed by atoms with Gasteiger partial charge in [0, 0.05) is 60.9 Å². The van der Waals surface area contributed by atoms with Crippen molar-refractivity contribution in [1.82, 2.24) is 9.47 Å². The number of carbonyl (C=O) groups excluding carboxylic acids is 1. The fraction of sp³-hybridized carbons (Fsp3) is 0.667. The van der Waals surface area contributed by atoms with E-state index in [4.69, 9.17) is 4.74 Å². The number of aromatic nitrogens is 1. The van der Waals surface area contributed by atoms with Gasteiger partial charge in [-0.05, 0) is 62.8 Å². The van der Waals surface area contributed by atoms with Crippen molar-refractivity contribution >= 4 is 16.7 Å². The number of aryl methyl sites for hydroxylation is 1. The molecule has 1 saturated carbocycles. The number of Topliss-reactive ketones (excluding diaryl/α,β-unsaturated/α-hetero) is 1. The molecule has 4 heteroatoms. The van der Waals surface area contributed by atoms with Crippen molar-refractivity contribution in [1.29, 1.82) is 0 Å². The Bertz CT molecular complexity index is 899. The first kappa shape index (κ1) is 21.2. The van der Waals surface area contributed by atoms with E-state index in [1.807, 2.05) is 6.07 Å². The number of carbonyl (C=O) groups is 1. The molecule has 168 valence electrons. The van der Waals surface area contributed by atoms with Crippen LogP contribution in [0.2, 0.25) is 0 Å². The largest absolute Gasteiger partial charge is 0.378 e. The number of ketones is 1. The third-order valence-electron chi connectivity index (χ3n) is 7.60. The number of fused-ring (bicyclic) bond motifs is 3. The molecule has 3 heterocycles. The fourth-order valence-corrected chi connectivity index (χ4v) is 5.84. The topological polar surface area (TPSA) is 34.5 Å². The molecule has 0 N–H and O–H groups in total. The summed E-state index contributed by atoms with van der Waals surface area (Å²) in [6.45, 7) is 7.37. The molecule has 2 saturated heterocycles. The molecule has 1 aliphatic carbocycles. The predicted octanol–water partition coefficient (Wildman–Crippen LogP) is 5.68. The van der Waals surface area contributed by atoms with E-state index in [0.29, 0.717) is 30.5 Å². The number of para-hydroxylation sites is 1. The molecular weight excluding hydrogens is 384 g/mol. The maximum absolute atomic E-state index is 12.8. The molecule has 0 amide bonds. The predicted molar refractivity (Wildman–Crippen MR) is 126 cm³/mol. The Kier molecular flexibility index (Phi) is 6.21. The summed E-state index contributed by atoms with van der Waals surface area (Å²) < 4.78 is 8.56. The van der Waals surface area contributed by atoms with Gasteiger partial charge >= 0.3 is 0 Å². The van der Waals surface area contributed by atoms with Gasteiger partial charge in [0.05, 0.1) is 6.10 Å². The highest BCUT2D eigenvalue weighted by atomic mass is 16.5. The summed E-state index contributed by atoms with van der Waals surface area (Å²) in [6, 6.07) is 9.83. The van der Waals surface area contributed by atoms with Crippen LogP contribution in [0.1, 0.15) is 75.6 Å². The van der Waals surface area contributed by atoms with Gasteiger partial charge in [0.1, 0.15) is 0 Å². The van der Waals surface area contributed by atoms with Gasteiger partial charge in [-0.2, -0.15) is 0 Å². The number of piperidine rings is 1. The van der Waals surface area contributed by atoms with E-state index in [-0.39, 0.29) is 5.78 Å². The van der Waals surface area contributed by atoms with Crippen LogP contribution in [0.25, 0.3) is 10.9 Å². The van der Waals surface area contributed by atoms with E-state index in [9.17, 15) is 4.79 Å². The Balaban J connectivity index is 1.19. The highest BCUT2D eigenvalue weighted by Gasteiger charge is 2.41. The first-order valence-electron chi connectivity index (χ1n) is 12.6. The Labute approximate surface area is 186 Å². The van der Waals surface area contributed by atoms with Gasteiger partial charge < -0.3 is 9.30 Å². The van der Waals surface area contributed by atoms with E-state index < -0.39 is 0 Å². The molecule has 0 radical (unpaired) electrons. The van der Waals surface area contributed by atoms with Crippen LogP contribution in [0.4, 0.5) is 0 Å². The monoisotopic (exact) mass is 422 g/mol. The summed E-state index contributed by atoms with van der Waals surface area (Å²) in [6.07, 6.45) is 12.3. The molecule has 2 unspecified atom stereocenters. The van der Waals surface area contributed by atoms with Gasteiger partial charge in [-0.3, -0.25) is 9.69 Å². The minimum absolute atomic E-state index is 0.274. The molecule has 0 spiro atoms. The lowest BCUT2D eigenvalue weighted by Crippen LogP contribution is -2.46. The summed E-state index contributed by atoms with van der Waals surface area (Å²) in [5, 5.41) is 1.11. The minimum Gasteiger partial charge on any atom is -0.378 e. The maximum atomic E-state index is 12.8. The highest BCUT2D eigenvalue weighted by molar-refractivity contribution is 6.08. The second-order valence-corrected chi connectivity index (χ2v) is 10.6. The summed E-state index contributed by atoms with van der Waals surface area (Å²) in [4.78, 5) is 15.6. The first-order chi connectivity index (χ1) is 15.1. The standard InChI is InChI=1S/C27H38N2O2/c1-19(2)14-27(30)25-17-28(26-7-4-3-6-24(25)26)12-5-13-29-21-10-11-22(29)16-23(15-21)31-18-20-8-9-20/h3-4,6-7,17,19-23H,5,8-16,18H2,1-2H3. The quantitative estimate of drug-likeness (QED) is 0.462. The molecule has 4 nitrogen and oxygen atoms in total. The molecule has 2 aliphatic heterocycles. The van der Waals surface area contributed by atoms with Gasteiger partial charge in [-0.1, -0.05) is 32.0 Å². The molecule has 5 rings (SSSR count). The normalized spacial score (nSPS) is 26.2. The van der Waals surface area contributed by atoms with Crippen molar-refractivity contribution in [2.24, 2.45) is 11.8 Å². The SMILES string of the molecule is CC(C)CC(=O)c1cn(CCCN2C3CCC2CC(OCC2CC2)C3)c2ccccc12. The number of nitrogens with zero attached hydrogens (tertiary/aromatic N) is 2. The van der Waals surface area contributed by atoms with Crippen molar-refractivity contribution in [3.8, 4) is 0 Å². The van der Waals surface area contributed by atoms with Crippen LogP contribution >= 0.6 is 0 Å². The molecule has 1 aromatic carbocycles. The Morgan fingerprint density at radius 2 is 1.81 bits per heavy atom. The third-order valence-corrected chi connectivity index (χ3v) is 7.60. The molecule has 2 aromatic rings. The minimum atomic E-state index is 0.274. The van der Waals surface area contributed by atoms with E-state index in [1.165, 1.54) is 44.0 Å². The number of hydrogen-bond acceptors (Lipinski definition) is 3. The van der Waals surface area contributed by atoms with Gasteiger partial charge in [0.15, 0.2) is 5.78 Å². The van der Waals surface area contributed by atoms with Gasteiger partial charge in [0.2, 0.25) is 0 Å². The van der Waals surface area contributed by atoms with Crippen molar-refractivity contribution in [2.75, 3.05) is 13.2 Å². The summed E-state index contributed by atoms with van der Waals surface area (Å²) in [5.74, 6) is 1.53. The van der Waals surface area contributed by atoms with Crippen molar-refractivity contribution < 1.29 is 9.53 Å². The molecule has 3 aliphatic rings. The molecular formula is C27H38N2O2. The van der Waals surface area contributed by atoms with Crippen LogP contribution in [-0.4, -0.2) is 46.6 Å². The Hall–Kier alpha value is -1.65. The van der Waals surface area contributed by atoms with Crippen LogP contribution in [0.3, 0.4) is 0 Å². The Morgan fingerprint density at radius 1 is 1.06 bits per heavy atom. The summed E-state index contributed by atoms with van der Waals surface area (Å²) in [7, 11) is 0. The zero-order valence-corrected chi connectivity index (χ0v) is 19.3. The molecule has 31 heavy (non-hydrogen) atoms. The smallest absolute Gasteiger partial charge is 0.165 e. The third kappa shape index (κ3) is 4.75. The van der Waals surface area contributed by atoms with E-state index in [1.54, 1.807) is 0 Å². The van der Waals surface area contributed by atoms with Crippen molar-refractivity contribution in [3.63, 3.8) is 0 Å². The van der Waals surface area contributed by atoms with E-state index >= 15 is 0 Å². The Morgan fingerprint density at radius 3 is 2.52 bits per heavy atom. The van der Waals surface area contributed by atoms with Crippen LogP contribution in [0.5, 0.6) is 0 Å². The lowest BCUT2D eigenvalue weighted by molar-refractivity contribution is -0.0241. The van der Waals surface area contributed by atoms with Crippen LogP contribution < -0.4 is 0 Å². The average Bonchev–Trinajstić information content (AvgIpc) is 3.46. The van der Waals surface area contributed by atoms with Gasteiger partial charge in [0.25, 0.3) is 0 Å². The summed E-state index contributed by atoms with van der Waals surface area (Å²) in [5.41, 5.74) is 2.10. The van der Waals surface area contributed by atoms with Gasteiger partial charge in [-0.15, -0.1) is 0 Å².